The largest absolute Gasteiger partial charge is 0.467 e. The average Bonchev–Trinajstić information content (AvgIpc) is 3.24. The molecular formula is C21H20BrN3O5S. The fraction of sp³-hybridized carbons (Fsp3) is 0.143. The molecule has 0 spiro atoms. The fourth-order valence-electron chi connectivity index (χ4n) is 2.82. The van der Waals surface area contributed by atoms with Crippen LogP contribution >= 0.6 is 15.9 Å². The lowest BCUT2D eigenvalue weighted by Crippen LogP contribution is -2.38. The number of furan rings is 1. The van der Waals surface area contributed by atoms with E-state index >= 15 is 0 Å². The normalized spacial score (nSPS) is 11.0. The Morgan fingerprint density at radius 3 is 2.42 bits per heavy atom. The number of hydrogen-bond donors (Lipinski definition) is 2. The predicted octanol–water partition coefficient (Wildman–Crippen LogP) is 3.38. The van der Waals surface area contributed by atoms with E-state index in [2.05, 4.69) is 26.6 Å². The van der Waals surface area contributed by atoms with Crippen molar-refractivity contribution in [3.63, 3.8) is 0 Å². The van der Waals surface area contributed by atoms with E-state index in [4.69, 9.17) is 4.42 Å². The van der Waals surface area contributed by atoms with Crippen LogP contribution < -0.4 is 14.9 Å². The van der Waals surface area contributed by atoms with Crippen LogP contribution in [0.15, 0.2) is 75.8 Å². The number of nitrogens with one attached hydrogen (secondary N) is 2. The molecular weight excluding hydrogens is 486 g/mol. The molecule has 8 nitrogen and oxygen atoms in total. The first-order valence-electron chi connectivity index (χ1n) is 9.17. The lowest BCUT2D eigenvalue weighted by atomic mass is 10.1. The van der Waals surface area contributed by atoms with Crippen molar-refractivity contribution in [1.29, 1.82) is 0 Å². The van der Waals surface area contributed by atoms with Gasteiger partial charge in [-0.1, -0.05) is 24.3 Å². The maximum absolute atomic E-state index is 12.7. The average molecular weight is 506 g/mol. The molecule has 2 amide bonds. The first-order chi connectivity index (χ1) is 14.8. The zero-order valence-electron chi connectivity index (χ0n) is 16.5. The molecule has 31 heavy (non-hydrogen) atoms. The van der Waals surface area contributed by atoms with Gasteiger partial charge in [0, 0.05) is 4.47 Å². The number of rotatable bonds is 8. The van der Waals surface area contributed by atoms with Crippen molar-refractivity contribution >= 4 is 49.1 Å². The summed E-state index contributed by atoms with van der Waals surface area (Å²) in [5.74, 6) is -0.405. The van der Waals surface area contributed by atoms with Crippen LogP contribution in [0.25, 0.3) is 0 Å². The maximum atomic E-state index is 12.7. The summed E-state index contributed by atoms with van der Waals surface area (Å²) in [7, 11) is -3.74. The van der Waals surface area contributed by atoms with E-state index in [1.807, 2.05) is 0 Å². The van der Waals surface area contributed by atoms with Gasteiger partial charge in [-0.25, -0.2) is 8.42 Å². The van der Waals surface area contributed by atoms with E-state index in [1.54, 1.807) is 60.7 Å². The molecule has 0 bridgehead atoms. The number of anilines is 2. The monoisotopic (exact) mass is 505 g/mol. The van der Waals surface area contributed by atoms with Gasteiger partial charge in [-0.15, -0.1) is 0 Å². The second-order valence-electron chi connectivity index (χ2n) is 6.58. The van der Waals surface area contributed by atoms with Gasteiger partial charge < -0.3 is 15.1 Å². The topological polar surface area (TPSA) is 109 Å². The van der Waals surface area contributed by atoms with Gasteiger partial charge in [0.05, 0.1) is 36.0 Å². The Morgan fingerprint density at radius 2 is 1.74 bits per heavy atom. The van der Waals surface area contributed by atoms with Crippen LogP contribution in [0.1, 0.15) is 16.1 Å². The number of nitrogens with zero attached hydrogens (tertiary/aromatic N) is 1. The summed E-state index contributed by atoms with van der Waals surface area (Å²) < 4.78 is 31.3. The highest BCUT2D eigenvalue weighted by Gasteiger charge is 2.23. The van der Waals surface area contributed by atoms with Gasteiger partial charge in [0.25, 0.3) is 5.91 Å². The van der Waals surface area contributed by atoms with Crippen molar-refractivity contribution in [1.82, 2.24) is 5.32 Å². The SMILES string of the molecule is CS(=O)(=O)N(CC(=O)Nc1ccccc1C(=O)NCc1ccco1)c1ccccc1Br. The Kier molecular flexibility index (Phi) is 7.13. The van der Waals surface area contributed by atoms with E-state index in [-0.39, 0.29) is 17.8 Å². The molecule has 1 aromatic heterocycles. The number of carbonyl (C=O) groups excluding carboxylic acids is 2. The molecule has 0 unspecified atom stereocenters. The van der Waals surface area contributed by atoms with Crippen molar-refractivity contribution < 1.29 is 22.4 Å². The lowest BCUT2D eigenvalue weighted by molar-refractivity contribution is -0.114. The Labute approximate surface area is 188 Å². The molecule has 0 aliphatic heterocycles. The Morgan fingerprint density at radius 1 is 1.03 bits per heavy atom. The third-order valence-electron chi connectivity index (χ3n) is 4.26. The van der Waals surface area contributed by atoms with E-state index in [0.29, 0.717) is 15.9 Å². The maximum Gasteiger partial charge on any atom is 0.253 e. The van der Waals surface area contributed by atoms with Crippen LogP contribution in [0.2, 0.25) is 0 Å². The Balaban J connectivity index is 1.75. The van der Waals surface area contributed by atoms with Gasteiger partial charge in [0.15, 0.2) is 0 Å². The quantitative estimate of drug-likeness (QED) is 0.487. The zero-order chi connectivity index (χ0) is 22.4. The molecule has 10 heteroatoms. The van der Waals surface area contributed by atoms with E-state index in [1.165, 1.54) is 6.26 Å². The third kappa shape index (κ3) is 5.96. The van der Waals surface area contributed by atoms with Crippen LogP contribution in [-0.2, 0) is 21.4 Å². The molecule has 0 radical (unpaired) electrons. The van der Waals surface area contributed by atoms with Gasteiger partial charge in [-0.3, -0.25) is 13.9 Å². The second kappa shape index (κ2) is 9.80. The molecule has 1 heterocycles. The van der Waals surface area contributed by atoms with Crippen LogP contribution in [0.3, 0.4) is 0 Å². The van der Waals surface area contributed by atoms with Crippen molar-refractivity contribution in [3.8, 4) is 0 Å². The number of amides is 2. The van der Waals surface area contributed by atoms with E-state index in [0.717, 1.165) is 10.6 Å². The van der Waals surface area contributed by atoms with Crippen molar-refractivity contribution in [3.05, 3.63) is 82.7 Å². The highest BCUT2D eigenvalue weighted by molar-refractivity contribution is 9.10. The van der Waals surface area contributed by atoms with Crippen molar-refractivity contribution in [2.45, 2.75) is 6.54 Å². The van der Waals surface area contributed by atoms with Crippen LogP contribution in [0.4, 0.5) is 11.4 Å². The minimum absolute atomic E-state index is 0.192. The molecule has 0 aliphatic rings. The first kappa shape index (κ1) is 22.6. The van der Waals surface area contributed by atoms with Crippen LogP contribution in [-0.4, -0.2) is 33.0 Å². The number of sulfonamides is 1. The molecule has 0 saturated carbocycles. The molecule has 2 N–H and O–H groups in total. The number of hydrogen-bond acceptors (Lipinski definition) is 5. The van der Waals surface area contributed by atoms with Gasteiger partial charge >= 0.3 is 0 Å². The van der Waals surface area contributed by atoms with E-state index < -0.39 is 28.4 Å². The summed E-state index contributed by atoms with van der Waals surface area (Å²) >= 11 is 3.31. The third-order valence-corrected chi connectivity index (χ3v) is 6.05. The van der Waals surface area contributed by atoms with Crippen LogP contribution in [0.5, 0.6) is 0 Å². The summed E-state index contributed by atoms with van der Waals surface area (Å²) in [6.07, 6.45) is 2.53. The lowest BCUT2D eigenvalue weighted by Gasteiger charge is -2.23. The molecule has 0 aliphatic carbocycles. The van der Waals surface area contributed by atoms with Crippen molar-refractivity contribution in [2.24, 2.45) is 0 Å². The molecule has 0 atom stereocenters. The minimum Gasteiger partial charge on any atom is -0.467 e. The zero-order valence-corrected chi connectivity index (χ0v) is 18.9. The minimum atomic E-state index is -3.74. The number of halogens is 1. The molecule has 3 rings (SSSR count). The number of carbonyl (C=O) groups is 2. The molecule has 0 saturated heterocycles. The van der Waals surface area contributed by atoms with E-state index in [9.17, 15) is 18.0 Å². The smallest absolute Gasteiger partial charge is 0.253 e. The summed E-state index contributed by atoms with van der Waals surface area (Å²) in [6.45, 7) is -0.262. The van der Waals surface area contributed by atoms with Gasteiger partial charge in [-0.05, 0) is 52.3 Å². The van der Waals surface area contributed by atoms with Crippen LogP contribution in [0, 0.1) is 0 Å². The summed E-state index contributed by atoms with van der Waals surface area (Å²) in [4.78, 5) is 25.3. The number of benzene rings is 2. The fourth-order valence-corrected chi connectivity index (χ4v) is 4.31. The summed E-state index contributed by atoms with van der Waals surface area (Å²) in [5, 5.41) is 5.35. The first-order valence-corrected chi connectivity index (χ1v) is 11.8. The van der Waals surface area contributed by atoms with Gasteiger partial charge in [0.2, 0.25) is 15.9 Å². The molecule has 3 aromatic rings. The summed E-state index contributed by atoms with van der Waals surface area (Å²) in [5.41, 5.74) is 0.851. The summed E-state index contributed by atoms with van der Waals surface area (Å²) in [6, 6.07) is 16.6. The molecule has 0 fully saturated rings. The second-order valence-corrected chi connectivity index (χ2v) is 9.34. The number of para-hydroxylation sites is 2. The Hall–Kier alpha value is -3.11. The molecule has 162 valence electrons. The molecule has 2 aromatic carbocycles. The Bertz CT molecular complexity index is 1180. The van der Waals surface area contributed by atoms with Crippen molar-refractivity contribution in [2.75, 3.05) is 22.4 Å². The highest BCUT2D eigenvalue weighted by atomic mass is 79.9. The highest BCUT2D eigenvalue weighted by Crippen LogP contribution is 2.27. The van der Waals surface area contributed by atoms with Gasteiger partial charge in [0.1, 0.15) is 12.3 Å². The standard InChI is InChI=1S/C21H20BrN3O5S/c1-31(28,29)25(19-11-5-3-9-17(19)22)14-20(26)24-18-10-4-2-8-16(18)21(27)23-13-15-7-6-12-30-15/h2-12H,13-14H2,1H3,(H,23,27)(H,24,26). The van der Waals surface area contributed by atoms with Gasteiger partial charge in [-0.2, -0.15) is 0 Å². The predicted molar refractivity (Wildman–Crippen MR) is 121 cm³/mol.